The Morgan fingerprint density at radius 1 is 1.14 bits per heavy atom. The number of carbonyl (C=O) groups excluding carboxylic acids is 3. The first kappa shape index (κ1) is 20.6. The number of benzene rings is 1. The number of aromatic nitrogens is 2. The lowest BCUT2D eigenvalue weighted by molar-refractivity contribution is -0.125. The molecule has 2 heterocycles. The molecule has 2 amide bonds. The Kier molecular flexibility index (Phi) is 6.30. The zero-order chi connectivity index (χ0) is 21.0. The molecule has 29 heavy (non-hydrogen) atoms. The van der Waals surface area contributed by atoms with Gasteiger partial charge in [-0.1, -0.05) is 17.7 Å². The Morgan fingerprint density at radius 2 is 1.86 bits per heavy atom. The fourth-order valence-corrected chi connectivity index (χ4v) is 3.20. The van der Waals surface area contributed by atoms with Gasteiger partial charge in [0.15, 0.2) is 6.61 Å². The van der Waals surface area contributed by atoms with Crippen LogP contribution >= 0.6 is 22.9 Å². The van der Waals surface area contributed by atoms with Gasteiger partial charge < -0.3 is 4.74 Å². The number of carbonyl (C=O) groups is 3. The van der Waals surface area contributed by atoms with Crippen molar-refractivity contribution in [3.63, 3.8) is 0 Å². The molecule has 0 aliphatic rings. The normalized spacial score (nSPS) is 10.4. The lowest BCUT2D eigenvalue weighted by atomic mass is 10.2. The zero-order valence-corrected chi connectivity index (χ0v) is 17.1. The maximum Gasteiger partial charge on any atom is 0.338 e. The van der Waals surface area contributed by atoms with Gasteiger partial charge in [0.05, 0.1) is 32.5 Å². The molecule has 0 atom stereocenters. The summed E-state index contributed by atoms with van der Waals surface area (Å²) in [7, 11) is 0. The van der Waals surface area contributed by atoms with E-state index in [-0.39, 0.29) is 5.56 Å². The van der Waals surface area contributed by atoms with Crippen LogP contribution in [0, 0.1) is 13.8 Å². The third kappa shape index (κ3) is 4.82. The van der Waals surface area contributed by atoms with Crippen molar-refractivity contribution in [2.75, 3.05) is 6.61 Å². The van der Waals surface area contributed by atoms with Crippen molar-refractivity contribution < 1.29 is 19.1 Å². The lowest BCUT2D eigenvalue weighted by Crippen LogP contribution is -2.43. The quantitative estimate of drug-likeness (QED) is 0.476. The molecule has 0 aliphatic heterocycles. The van der Waals surface area contributed by atoms with Crippen LogP contribution in [0.5, 0.6) is 0 Å². The van der Waals surface area contributed by atoms with Crippen molar-refractivity contribution in [1.82, 2.24) is 20.6 Å². The molecule has 0 aliphatic carbocycles. The first-order valence-electron chi connectivity index (χ1n) is 8.49. The highest BCUT2D eigenvalue weighted by molar-refractivity contribution is 7.12. The average molecular weight is 433 g/mol. The highest BCUT2D eigenvalue weighted by Crippen LogP contribution is 2.22. The van der Waals surface area contributed by atoms with E-state index in [9.17, 15) is 14.4 Å². The number of esters is 1. The molecule has 8 nitrogen and oxygen atoms in total. The summed E-state index contributed by atoms with van der Waals surface area (Å²) in [5.41, 5.74) is 6.95. The summed E-state index contributed by atoms with van der Waals surface area (Å²) in [6, 6.07) is 9.88. The number of rotatable bonds is 5. The first-order valence-corrected chi connectivity index (χ1v) is 9.74. The van der Waals surface area contributed by atoms with Crippen LogP contribution in [0.4, 0.5) is 0 Å². The highest BCUT2D eigenvalue weighted by atomic mass is 35.5. The maximum atomic E-state index is 12.1. The minimum Gasteiger partial charge on any atom is -0.452 e. The van der Waals surface area contributed by atoms with Gasteiger partial charge in [0.25, 0.3) is 11.8 Å². The fraction of sp³-hybridized carbons (Fsp3) is 0.158. The third-order valence-corrected chi connectivity index (χ3v) is 5.36. The molecule has 0 spiro atoms. The number of nitrogens with one attached hydrogen (secondary N) is 2. The largest absolute Gasteiger partial charge is 0.452 e. The molecule has 0 saturated carbocycles. The lowest BCUT2D eigenvalue weighted by Gasteiger charge is -2.08. The average Bonchev–Trinajstić information content (AvgIpc) is 3.35. The maximum absolute atomic E-state index is 12.1. The van der Waals surface area contributed by atoms with Crippen molar-refractivity contribution in [3.05, 3.63) is 68.6 Å². The van der Waals surface area contributed by atoms with E-state index in [1.54, 1.807) is 46.5 Å². The van der Waals surface area contributed by atoms with Crippen LogP contribution < -0.4 is 10.9 Å². The highest BCUT2D eigenvalue weighted by Gasteiger charge is 2.14. The first-order chi connectivity index (χ1) is 13.9. The number of hydrogen-bond acceptors (Lipinski definition) is 6. The van der Waals surface area contributed by atoms with Crippen molar-refractivity contribution in [3.8, 4) is 5.69 Å². The molecule has 150 valence electrons. The number of nitrogens with zero attached hydrogens (tertiary/aromatic N) is 2. The summed E-state index contributed by atoms with van der Waals surface area (Å²) in [5.74, 6) is -1.76. The van der Waals surface area contributed by atoms with E-state index in [2.05, 4.69) is 16.0 Å². The van der Waals surface area contributed by atoms with Crippen LogP contribution in [-0.4, -0.2) is 34.2 Å². The van der Waals surface area contributed by atoms with E-state index < -0.39 is 24.4 Å². The van der Waals surface area contributed by atoms with E-state index in [1.807, 2.05) is 13.8 Å². The zero-order valence-electron chi connectivity index (χ0n) is 15.6. The number of ether oxygens (including phenoxy) is 1. The summed E-state index contributed by atoms with van der Waals surface area (Å²) < 4.78 is 6.64. The molecule has 3 aromatic rings. The molecule has 2 N–H and O–H groups in total. The minimum atomic E-state index is -0.664. The fourth-order valence-electron chi connectivity index (χ4n) is 2.46. The van der Waals surface area contributed by atoms with Crippen LogP contribution in [0.1, 0.15) is 31.4 Å². The second kappa shape index (κ2) is 8.89. The summed E-state index contributed by atoms with van der Waals surface area (Å²) in [5, 5.41) is 6.68. The van der Waals surface area contributed by atoms with Gasteiger partial charge in [-0.2, -0.15) is 5.10 Å². The standard InChI is InChI=1S/C19H17ClN4O4S/c1-11-17(20)12(2)24(23-11)14-7-5-13(6-8-14)19(27)28-10-16(25)21-22-18(26)15-4-3-9-29-15/h3-9H,10H2,1-2H3,(H,21,25)(H,22,26). The number of aryl methyl sites for hydroxylation is 1. The Hall–Kier alpha value is -3.17. The van der Waals surface area contributed by atoms with Gasteiger partial charge in [0, 0.05) is 0 Å². The molecule has 0 radical (unpaired) electrons. The number of hydrogen-bond donors (Lipinski definition) is 2. The molecule has 2 aromatic heterocycles. The topological polar surface area (TPSA) is 102 Å². The minimum absolute atomic E-state index is 0.275. The van der Waals surface area contributed by atoms with E-state index in [0.717, 1.165) is 11.4 Å². The molecule has 3 rings (SSSR count). The van der Waals surface area contributed by atoms with Gasteiger partial charge in [0.1, 0.15) is 0 Å². The van der Waals surface area contributed by atoms with E-state index in [1.165, 1.54) is 11.3 Å². The third-order valence-electron chi connectivity index (χ3n) is 3.95. The van der Waals surface area contributed by atoms with Gasteiger partial charge >= 0.3 is 5.97 Å². The van der Waals surface area contributed by atoms with Crippen molar-refractivity contribution in [1.29, 1.82) is 0 Å². The smallest absolute Gasteiger partial charge is 0.338 e. The predicted octanol–water partition coefficient (Wildman–Crippen LogP) is 2.82. The second-order valence-electron chi connectivity index (χ2n) is 6.00. The van der Waals surface area contributed by atoms with Crippen LogP contribution in [0.15, 0.2) is 41.8 Å². The molecule has 0 saturated heterocycles. The number of amides is 2. The Balaban J connectivity index is 1.52. The van der Waals surface area contributed by atoms with E-state index in [4.69, 9.17) is 16.3 Å². The van der Waals surface area contributed by atoms with Gasteiger partial charge in [-0.3, -0.25) is 20.4 Å². The van der Waals surface area contributed by atoms with Gasteiger partial charge in [0.2, 0.25) is 0 Å². The van der Waals surface area contributed by atoms with Gasteiger partial charge in [-0.05, 0) is 49.6 Å². The molecule has 0 bridgehead atoms. The Morgan fingerprint density at radius 3 is 2.45 bits per heavy atom. The monoisotopic (exact) mass is 432 g/mol. The van der Waals surface area contributed by atoms with Crippen LogP contribution in [-0.2, 0) is 9.53 Å². The summed E-state index contributed by atoms with van der Waals surface area (Å²) in [4.78, 5) is 36.0. The molecule has 1 aromatic carbocycles. The molecular weight excluding hydrogens is 416 g/mol. The summed E-state index contributed by atoms with van der Waals surface area (Å²) in [6.45, 7) is 3.13. The van der Waals surface area contributed by atoms with Crippen molar-refractivity contribution >= 4 is 40.7 Å². The summed E-state index contributed by atoms with van der Waals surface area (Å²) >= 11 is 7.39. The van der Waals surface area contributed by atoms with Crippen molar-refractivity contribution in [2.24, 2.45) is 0 Å². The SMILES string of the molecule is Cc1nn(-c2ccc(C(=O)OCC(=O)NNC(=O)c3cccs3)cc2)c(C)c1Cl. The second-order valence-corrected chi connectivity index (χ2v) is 7.32. The Labute approximate surface area is 175 Å². The summed E-state index contributed by atoms with van der Waals surface area (Å²) in [6.07, 6.45) is 0. The van der Waals surface area contributed by atoms with Crippen LogP contribution in [0.2, 0.25) is 5.02 Å². The molecule has 10 heteroatoms. The van der Waals surface area contributed by atoms with Crippen molar-refractivity contribution in [2.45, 2.75) is 13.8 Å². The predicted molar refractivity (Wildman–Crippen MR) is 108 cm³/mol. The number of halogens is 1. The molecule has 0 fully saturated rings. The number of thiophene rings is 1. The number of hydrazine groups is 1. The Bertz CT molecular complexity index is 1050. The van der Waals surface area contributed by atoms with E-state index in [0.29, 0.717) is 15.6 Å². The van der Waals surface area contributed by atoms with Gasteiger partial charge in [-0.15, -0.1) is 11.3 Å². The molecular formula is C19H17ClN4O4S. The van der Waals surface area contributed by atoms with E-state index >= 15 is 0 Å². The van der Waals surface area contributed by atoms with Crippen LogP contribution in [0.25, 0.3) is 5.69 Å². The van der Waals surface area contributed by atoms with Crippen LogP contribution in [0.3, 0.4) is 0 Å². The molecule has 0 unspecified atom stereocenters. The van der Waals surface area contributed by atoms with Gasteiger partial charge in [-0.25, -0.2) is 9.48 Å².